The lowest BCUT2D eigenvalue weighted by atomic mass is 9.84. The predicted octanol–water partition coefficient (Wildman–Crippen LogP) is 2.88. The van der Waals surface area contributed by atoms with E-state index < -0.39 is 0 Å². The molecule has 12 heavy (non-hydrogen) atoms. The van der Waals surface area contributed by atoms with Crippen LogP contribution in [-0.4, -0.2) is 6.29 Å². The first-order chi connectivity index (χ1) is 5.74. The Morgan fingerprint density at radius 3 is 3.08 bits per heavy atom. The second kappa shape index (κ2) is 4.24. The number of rotatable bonds is 3. The highest BCUT2D eigenvalue weighted by Crippen LogP contribution is 2.28. The van der Waals surface area contributed by atoms with E-state index in [1.165, 1.54) is 18.4 Å². The minimum absolute atomic E-state index is 0.539. The second-order valence-corrected chi connectivity index (χ2v) is 3.55. The molecule has 1 atom stereocenters. The SMILES string of the molecule is C=C(CC=O)[C@H]1CC=C(C)CC1. The molecule has 0 aromatic heterocycles. The molecule has 1 aliphatic rings. The molecule has 0 aliphatic heterocycles. The lowest BCUT2D eigenvalue weighted by Crippen LogP contribution is -2.07. The van der Waals surface area contributed by atoms with Crippen molar-refractivity contribution in [1.29, 1.82) is 0 Å². The van der Waals surface area contributed by atoms with Gasteiger partial charge < -0.3 is 4.79 Å². The molecule has 66 valence electrons. The van der Waals surface area contributed by atoms with Crippen molar-refractivity contribution in [2.45, 2.75) is 32.6 Å². The maximum Gasteiger partial charge on any atom is 0.124 e. The zero-order chi connectivity index (χ0) is 8.97. The molecule has 1 rings (SSSR count). The number of aldehydes is 1. The Bertz CT molecular complexity index is 213. The van der Waals surface area contributed by atoms with Crippen LogP contribution in [0.25, 0.3) is 0 Å². The van der Waals surface area contributed by atoms with E-state index in [1.54, 1.807) is 0 Å². The van der Waals surface area contributed by atoms with Crippen LogP contribution in [0.4, 0.5) is 0 Å². The normalized spacial score (nSPS) is 23.1. The molecule has 0 heterocycles. The second-order valence-electron chi connectivity index (χ2n) is 3.55. The summed E-state index contributed by atoms with van der Waals surface area (Å²) >= 11 is 0. The molecule has 1 nitrogen and oxygen atoms in total. The van der Waals surface area contributed by atoms with Crippen LogP contribution in [-0.2, 0) is 4.79 Å². The highest BCUT2D eigenvalue weighted by Gasteiger charge is 2.14. The Labute approximate surface area is 74.2 Å². The van der Waals surface area contributed by atoms with Gasteiger partial charge in [-0.05, 0) is 32.1 Å². The van der Waals surface area contributed by atoms with Gasteiger partial charge in [0.05, 0.1) is 0 Å². The maximum absolute atomic E-state index is 10.2. The van der Waals surface area contributed by atoms with Crippen molar-refractivity contribution < 1.29 is 4.79 Å². The van der Waals surface area contributed by atoms with Crippen LogP contribution in [0, 0.1) is 5.92 Å². The standard InChI is InChI=1S/C11H16O/c1-9-3-5-11(6-4-9)10(2)7-8-12/h3,8,11H,2,4-7H2,1H3/t11-/m0/s1. The Kier molecular flexibility index (Phi) is 3.27. The topological polar surface area (TPSA) is 17.1 Å². The summed E-state index contributed by atoms with van der Waals surface area (Å²) in [5, 5.41) is 0. The van der Waals surface area contributed by atoms with E-state index >= 15 is 0 Å². The summed E-state index contributed by atoms with van der Waals surface area (Å²) in [5.74, 6) is 0.555. The molecule has 0 bridgehead atoms. The van der Waals surface area contributed by atoms with Crippen molar-refractivity contribution in [2.75, 3.05) is 0 Å². The van der Waals surface area contributed by atoms with Crippen molar-refractivity contribution in [3.8, 4) is 0 Å². The molecular formula is C11H16O. The van der Waals surface area contributed by atoms with Gasteiger partial charge in [0.1, 0.15) is 6.29 Å². The van der Waals surface area contributed by atoms with Gasteiger partial charge in [0.2, 0.25) is 0 Å². The van der Waals surface area contributed by atoms with E-state index in [9.17, 15) is 4.79 Å². The lowest BCUT2D eigenvalue weighted by Gasteiger charge is -2.21. The highest BCUT2D eigenvalue weighted by molar-refractivity contribution is 5.54. The summed E-state index contributed by atoms with van der Waals surface area (Å²) in [6.07, 6.45) is 7.19. The summed E-state index contributed by atoms with van der Waals surface area (Å²) in [5.41, 5.74) is 2.58. The third kappa shape index (κ3) is 2.33. The zero-order valence-electron chi connectivity index (χ0n) is 7.68. The van der Waals surface area contributed by atoms with Crippen molar-refractivity contribution in [3.05, 3.63) is 23.8 Å². The van der Waals surface area contributed by atoms with Gasteiger partial charge in [-0.25, -0.2) is 0 Å². The molecule has 0 aromatic rings. The number of carbonyl (C=O) groups excluding carboxylic acids is 1. The molecule has 0 amide bonds. The summed E-state index contributed by atoms with van der Waals surface area (Å²) in [4.78, 5) is 10.2. The fraction of sp³-hybridized carbons (Fsp3) is 0.545. The Hall–Kier alpha value is -0.850. The van der Waals surface area contributed by atoms with Gasteiger partial charge in [0.15, 0.2) is 0 Å². The Morgan fingerprint density at radius 2 is 2.58 bits per heavy atom. The van der Waals surface area contributed by atoms with Crippen LogP contribution in [0.15, 0.2) is 23.8 Å². The Morgan fingerprint density at radius 1 is 1.83 bits per heavy atom. The van der Waals surface area contributed by atoms with Crippen LogP contribution < -0.4 is 0 Å². The molecule has 1 heteroatoms. The van der Waals surface area contributed by atoms with Crippen LogP contribution in [0.5, 0.6) is 0 Å². The molecular weight excluding hydrogens is 148 g/mol. The average molecular weight is 164 g/mol. The monoisotopic (exact) mass is 164 g/mol. The van der Waals surface area contributed by atoms with Gasteiger partial charge in [0.25, 0.3) is 0 Å². The van der Waals surface area contributed by atoms with Crippen molar-refractivity contribution in [1.82, 2.24) is 0 Å². The van der Waals surface area contributed by atoms with Crippen LogP contribution in [0.3, 0.4) is 0 Å². The number of hydrogen-bond acceptors (Lipinski definition) is 1. The quantitative estimate of drug-likeness (QED) is 0.463. The molecule has 0 N–H and O–H groups in total. The molecule has 0 radical (unpaired) electrons. The summed E-state index contributed by atoms with van der Waals surface area (Å²) < 4.78 is 0. The molecule has 0 unspecified atom stereocenters. The summed E-state index contributed by atoms with van der Waals surface area (Å²) in [6, 6.07) is 0. The first-order valence-electron chi connectivity index (χ1n) is 4.51. The van der Waals surface area contributed by atoms with Gasteiger partial charge in [-0.1, -0.05) is 23.8 Å². The fourth-order valence-corrected chi connectivity index (χ4v) is 1.61. The van der Waals surface area contributed by atoms with Gasteiger partial charge in [0, 0.05) is 6.42 Å². The van der Waals surface area contributed by atoms with E-state index in [4.69, 9.17) is 0 Å². The van der Waals surface area contributed by atoms with Gasteiger partial charge in [-0.2, -0.15) is 0 Å². The highest BCUT2D eigenvalue weighted by atomic mass is 16.1. The largest absolute Gasteiger partial charge is 0.303 e. The first-order valence-corrected chi connectivity index (χ1v) is 4.51. The van der Waals surface area contributed by atoms with E-state index in [0.717, 1.165) is 18.3 Å². The molecule has 0 aromatic carbocycles. The minimum Gasteiger partial charge on any atom is -0.303 e. The third-order valence-electron chi connectivity index (χ3n) is 2.56. The summed E-state index contributed by atoms with van der Waals surface area (Å²) in [6.45, 7) is 6.10. The molecule has 0 saturated carbocycles. The van der Waals surface area contributed by atoms with Crippen molar-refractivity contribution in [2.24, 2.45) is 5.92 Å². The molecule has 0 fully saturated rings. The van der Waals surface area contributed by atoms with E-state index in [1.807, 2.05) is 0 Å². The fourth-order valence-electron chi connectivity index (χ4n) is 1.61. The maximum atomic E-state index is 10.2. The van der Waals surface area contributed by atoms with Crippen molar-refractivity contribution >= 4 is 6.29 Å². The van der Waals surface area contributed by atoms with Gasteiger partial charge in [-0.3, -0.25) is 0 Å². The lowest BCUT2D eigenvalue weighted by molar-refractivity contribution is -0.107. The third-order valence-corrected chi connectivity index (χ3v) is 2.56. The van der Waals surface area contributed by atoms with Crippen molar-refractivity contribution in [3.63, 3.8) is 0 Å². The molecule has 0 spiro atoms. The van der Waals surface area contributed by atoms with Crippen LogP contribution in [0.2, 0.25) is 0 Å². The van der Waals surface area contributed by atoms with E-state index in [0.29, 0.717) is 12.3 Å². The number of carbonyl (C=O) groups is 1. The minimum atomic E-state index is 0.539. The predicted molar refractivity (Wildman–Crippen MR) is 50.9 cm³/mol. The molecule has 0 saturated heterocycles. The zero-order valence-corrected chi connectivity index (χ0v) is 7.68. The molecule has 1 aliphatic carbocycles. The van der Waals surface area contributed by atoms with Gasteiger partial charge in [-0.15, -0.1) is 0 Å². The smallest absolute Gasteiger partial charge is 0.124 e. The van der Waals surface area contributed by atoms with E-state index in [-0.39, 0.29) is 0 Å². The van der Waals surface area contributed by atoms with E-state index in [2.05, 4.69) is 19.6 Å². The Balaban J connectivity index is 2.45. The first kappa shape index (κ1) is 9.24. The number of allylic oxidation sites excluding steroid dienone is 3. The summed E-state index contributed by atoms with van der Waals surface area (Å²) in [7, 11) is 0. The van der Waals surface area contributed by atoms with Crippen LogP contribution >= 0.6 is 0 Å². The van der Waals surface area contributed by atoms with Gasteiger partial charge >= 0.3 is 0 Å². The average Bonchev–Trinajstić information content (AvgIpc) is 2.06. The van der Waals surface area contributed by atoms with Crippen LogP contribution in [0.1, 0.15) is 32.6 Å². The number of hydrogen-bond donors (Lipinski definition) is 0.